The third-order valence-electron chi connectivity index (χ3n) is 6.09. The summed E-state index contributed by atoms with van der Waals surface area (Å²) in [5.41, 5.74) is 3.30. The van der Waals surface area contributed by atoms with Gasteiger partial charge in [0.2, 0.25) is 0 Å². The molecule has 0 unspecified atom stereocenters. The molecule has 1 atom stereocenters. The van der Waals surface area contributed by atoms with Crippen LogP contribution in [0.3, 0.4) is 0 Å². The van der Waals surface area contributed by atoms with Crippen molar-refractivity contribution >= 4 is 63.8 Å². The van der Waals surface area contributed by atoms with Crippen molar-refractivity contribution in [2.45, 2.75) is 18.9 Å². The number of fused-ring (bicyclic) bond motifs is 2. The summed E-state index contributed by atoms with van der Waals surface area (Å²) in [6.07, 6.45) is 4.43. The first-order valence-electron chi connectivity index (χ1n) is 10.2. The summed E-state index contributed by atoms with van der Waals surface area (Å²) in [6, 6.07) is 13.4. The standard InChI is InChI=1S/C23H22Cl2N4O.ClH/c24-19-5-3-15(12-20(19)25)23(30)27-16-4-6-21-18(13-16)22(7-8-26-21)29-11-10-28-9-1-2-17(28)14-29;/h3-8,12-13,17H,1-2,9-11,14H2,(H,27,30);1H/t17-;/m0./s1. The Labute approximate surface area is 197 Å². The fourth-order valence-electron chi connectivity index (χ4n) is 4.54. The van der Waals surface area contributed by atoms with Gasteiger partial charge in [-0.2, -0.15) is 0 Å². The summed E-state index contributed by atoms with van der Waals surface area (Å²) in [5.74, 6) is -0.224. The number of hydrogen-bond donors (Lipinski definition) is 1. The van der Waals surface area contributed by atoms with Gasteiger partial charge in [-0.05, 0) is 61.9 Å². The van der Waals surface area contributed by atoms with Crippen LogP contribution in [0.1, 0.15) is 23.2 Å². The zero-order chi connectivity index (χ0) is 20.7. The van der Waals surface area contributed by atoms with Crippen LogP contribution in [0.15, 0.2) is 48.7 Å². The van der Waals surface area contributed by atoms with Crippen LogP contribution in [0.4, 0.5) is 11.4 Å². The normalized spacial score (nSPS) is 18.5. The first kappa shape index (κ1) is 22.2. The number of carbonyl (C=O) groups is 1. The van der Waals surface area contributed by atoms with Crippen molar-refractivity contribution < 1.29 is 4.79 Å². The van der Waals surface area contributed by atoms with Crippen molar-refractivity contribution in [1.29, 1.82) is 0 Å². The van der Waals surface area contributed by atoms with Gasteiger partial charge in [-0.25, -0.2) is 0 Å². The minimum absolute atomic E-state index is 0. The molecule has 2 fully saturated rings. The van der Waals surface area contributed by atoms with Gasteiger partial charge >= 0.3 is 0 Å². The molecule has 0 spiro atoms. The lowest BCUT2D eigenvalue weighted by Crippen LogP contribution is -2.50. The zero-order valence-electron chi connectivity index (χ0n) is 16.9. The SMILES string of the molecule is Cl.O=C(Nc1ccc2nccc(N3CCN4CCC[C@H]4C3)c2c1)c1ccc(Cl)c(Cl)c1. The second-order valence-electron chi connectivity index (χ2n) is 7.92. The summed E-state index contributed by atoms with van der Waals surface area (Å²) in [4.78, 5) is 22.3. The highest BCUT2D eigenvalue weighted by Crippen LogP contribution is 2.32. The molecule has 2 aliphatic heterocycles. The molecule has 1 amide bonds. The van der Waals surface area contributed by atoms with Crippen molar-refractivity contribution in [2.75, 3.05) is 36.4 Å². The third-order valence-corrected chi connectivity index (χ3v) is 6.83. The lowest BCUT2D eigenvalue weighted by Gasteiger charge is -2.39. The molecule has 0 saturated carbocycles. The highest BCUT2D eigenvalue weighted by Gasteiger charge is 2.31. The first-order valence-corrected chi connectivity index (χ1v) is 11.0. The van der Waals surface area contributed by atoms with E-state index in [1.54, 1.807) is 18.2 Å². The van der Waals surface area contributed by atoms with E-state index < -0.39 is 0 Å². The van der Waals surface area contributed by atoms with E-state index in [9.17, 15) is 4.79 Å². The first-order chi connectivity index (χ1) is 14.6. The number of pyridine rings is 1. The second-order valence-corrected chi connectivity index (χ2v) is 8.74. The van der Waals surface area contributed by atoms with E-state index in [0.29, 0.717) is 21.7 Å². The highest BCUT2D eigenvalue weighted by molar-refractivity contribution is 6.42. The molecule has 1 aromatic heterocycles. The number of piperazine rings is 1. The Balaban J connectivity index is 0.00000231. The van der Waals surface area contributed by atoms with E-state index in [0.717, 1.165) is 36.2 Å². The van der Waals surface area contributed by atoms with E-state index in [1.807, 2.05) is 24.4 Å². The third kappa shape index (κ3) is 4.46. The topological polar surface area (TPSA) is 48.5 Å². The average molecular weight is 478 g/mol. The molecule has 1 N–H and O–H groups in total. The smallest absolute Gasteiger partial charge is 0.255 e. The summed E-state index contributed by atoms with van der Waals surface area (Å²) >= 11 is 12.0. The Morgan fingerprint density at radius 2 is 1.90 bits per heavy atom. The van der Waals surface area contributed by atoms with Crippen LogP contribution in [0.5, 0.6) is 0 Å². The van der Waals surface area contributed by atoms with Gasteiger partial charge in [0.05, 0.1) is 15.6 Å². The van der Waals surface area contributed by atoms with Crippen LogP contribution in [0.2, 0.25) is 10.0 Å². The lowest BCUT2D eigenvalue weighted by molar-refractivity contribution is 0.102. The van der Waals surface area contributed by atoms with Crippen molar-refractivity contribution in [2.24, 2.45) is 0 Å². The maximum atomic E-state index is 12.7. The number of nitrogens with one attached hydrogen (secondary N) is 1. The van der Waals surface area contributed by atoms with Gasteiger partial charge in [0.25, 0.3) is 5.91 Å². The number of hydrogen-bond acceptors (Lipinski definition) is 4. The Kier molecular flexibility index (Phi) is 6.58. The fraction of sp³-hybridized carbons (Fsp3) is 0.304. The molecule has 5 rings (SSSR count). The van der Waals surface area contributed by atoms with Crippen molar-refractivity contribution in [3.63, 3.8) is 0 Å². The molecule has 2 aliphatic rings. The Morgan fingerprint density at radius 1 is 1.03 bits per heavy atom. The molecular formula is C23H23Cl3N4O. The van der Waals surface area contributed by atoms with Crippen LogP contribution in [0, 0.1) is 0 Å². The van der Waals surface area contributed by atoms with Crippen LogP contribution in [-0.4, -0.2) is 48.0 Å². The van der Waals surface area contributed by atoms with Gasteiger partial charge in [0, 0.05) is 54.2 Å². The Bertz CT molecular complexity index is 1120. The molecule has 5 nitrogen and oxygen atoms in total. The summed E-state index contributed by atoms with van der Waals surface area (Å²) < 4.78 is 0. The van der Waals surface area contributed by atoms with E-state index in [-0.39, 0.29) is 18.3 Å². The molecular weight excluding hydrogens is 455 g/mol. The Morgan fingerprint density at radius 3 is 2.74 bits per heavy atom. The summed E-state index contributed by atoms with van der Waals surface area (Å²) in [7, 11) is 0. The lowest BCUT2D eigenvalue weighted by atomic mass is 10.1. The number of carbonyl (C=O) groups excluding carboxylic acids is 1. The number of aromatic nitrogens is 1. The van der Waals surface area contributed by atoms with Crippen LogP contribution < -0.4 is 10.2 Å². The number of anilines is 2. The summed E-state index contributed by atoms with van der Waals surface area (Å²) in [5, 5.41) is 4.81. The van der Waals surface area contributed by atoms with E-state index in [2.05, 4.69) is 26.2 Å². The molecule has 31 heavy (non-hydrogen) atoms. The van der Waals surface area contributed by atoms with E-state index in [4.69, 9.17) is 23.2 Å². The van der Waals surface area contributed by atoms with Crippen LogP contribution >= 0.6 is 35.6 Å². The van der Waals surface area contributed by atoms with Crippen LogP contribution in [-0.2, 0) is 0 Å². The molecule has 8 heteroatoms. The molecule has 3 aromatic rings. The minimum atomic E-state index is -0.224. The molecule has 2 saturated heterocycles. The molecule has 162 valence electrons. The van der Waals surface area contributed by atoms with Gasteiger partial charge in [0.15, 0.2) is 0 Å². The van der Waals surface area contributed by atoms with Gasteiger partial charge in [-0.3, -0.25) is 14.7 Å². The monoisotopic (exact) mass is 476 g/mol. The maximum absolute atomic E-state index is 12.7. The second kappa shape index (κ2) is 9.21. The summed E-state index contributed by atoms with van der Waals surface area (Å²) in [6.45, 7) is 4.37. The molecule has 0 bridgehead atoms. The zero-order valence-corrected chi connectivity index (χ0v) is 19.2. The average Bonchev–Trinajstić information content (AvgIpc) is 3.23. The largest absolute Gasteiger partial charge is 0.368 e. The molecule has 0 radical (unpaired) electrons. The van der Waals surface area contributed by atoms with Gasteiger partial charge in [0.1, 0.15) is 0 Å². The fourth-order valence-corrected chi connectivity index (χ4v) is 4.83. The van der Waals surface area contributed by atoms with Crippen LogP contribution in [0.25, 0.3) is 10.9 Å². The predicted octanol–water partition coefficient (Wildman–Crippen LogP) is 5.50. The number of benzene rings is 2. The number of rotatable bonds is 3. The maximum Gasteiger partial charge on any atom is 0.255 e. The van der Waals surface area contributed by atoms with Gasteiger partial charge in [-0.15, -0.1) is 12.4 Å². The number of nitrogens with zero attached hydrogens (tertiary/aromatic N) is 3. The minimum Gasteiger partial charge on any atom is -0.368 e. The number of halogens is 3. The van der Waals surface area contributed by atoms with E-state index >= 15 is 0 Å². The van der Waals surface area contributed by atoms with Crippen molar-refractivity contribution in [3.05, 3.63) is 64.3 Å². The predicted molar refractivity (Wildman–Crippen MR) is 130 cm³/mol. The number of amides is 1. The molecule has 2 aromatic carbocycles. The van der Waals surface area contributed by atoms with Gasteiger partial charge < -0.3 is 10.2 Å². The Hall–Kier alpha value is -2.05. The van der Waals surface area contributed by atoms with Crippen molar-refractivity contribution in [3.8, 4) is 0 Å². The van der Waals surface area contributed by atoms with Crippen molar-refractivity contribution in [1.82, 2.24) is 9.88 Å². The highest BCUT2D eigenvalue weighted by atomic mass is 35.5. The van der Waals surface area contributed by atoms with E-state index in [1.165, 1.54) is 25.1 Å². The van der Waals surface area contributed by atoms with Gasteiger partial charge in [-0.1, -0.05) is 23.2 Å². The quantitative estimate of drug-likeness (QED) is 0.541. The molecule has 0 aliphatic carbocycles. The molecule has 3 heterocycles.